The van der Waals surface area contributed by atoms with Gasteiger partial charge in [0.2, 0.25) is 0 Å². The summed E-state index contributed by atoms with van der Waals surface area (Å²) in [6.07, 6.45) is 0. The van der Waals surface area contributed by atoms with Crippen LogP contribution in [-0.2, 0) is 0 Å². The van der Waals surface area contributed by atoms with Crippen LogP contribution in [0.1, 0.15) is 18.1 Å². The maximum atomic E-state index is 8.52. The van der Waals surface area contributed by atoms with Gasteiger partial charge in [0, 0.05) is 33.3 Å². The lowest BCUT2D eigenvalue weighted by Crippen LogP contribution is -2.03. The number of para-hydroxylation sites is 2. The molecule has 0 saturated heterocycles. The molecule has 0 aliphatic heterocycles. The van der Waals surface area contributed by atoms with Crippen LogP contribution in [0.25, 0.3) is 49.7 Å². The quantitative estimate of drug-likeness (QED) is 0.167. The van der Waals surface area contributed by atoms with Crippen LogP contribution in [0.3, 0.4) is 0 Å². The summed E-state index contributed by atoms with van der Waals surface area (Å²) >= 11 is 0. The first kappa shape index (κ1) is 25.4. The zero-order valence-electron chi connectivity index (χ0n) is 23.3. The molecule has 6 aromatic carbocycles. The van der Waals surface area contributed by atoms with Gasteiger partial charge in [-0.15, -0.1) is 0 Å². The van der Waals surface area contributed by atoms with E-state index in [1.165, 1.54) is 27.4 Å². The van der Waals surface area contributed by atoms with Crippen LogP contribution >= 0.6 is 0 Å². The van der Waals surface area contributed by atoms with E-state index in [9.17, 15) is 0 Å². The minimum absolute atomic E-state index is 0.264. The van der Waals surface area contributed by atoms with E-state index in [1.807, 2.05) is 43.3 Å². The second-order valence-electron chi connectivity index (χ2n) is 10.5. The van der Waals surface area contributed by atoms with E-state index in [1.54, 1.807) is 0 Å². The number of amidine groups is 1. The van der Waals surface area contributed by atoms with Crippen LogP contribution in [0.4, 0.5) is 0 Å². The molecule has 3 heteroatoms. The maximum Gasteiger partial charge on any atom is 0.152 e. The van der Waals surface area contributed by atoms with Crippen LogP contribution in [0, 0.1) is 5.41 Å². The van der Waals surface area contributed by atoms with Crippen molar-refractivity contribution in [1.29, 1.82) is 5.41 Å². The zero-order chi connectivity index (χ0) is 28.5. The van der Waals surface area contributed by atoms with Crippen molar-refractivity contribution in [2.45, 2.75) is 6.92 Å². The van der Waals surface area contributed by atoms with Crippen LogP contribution in [-0.4, -0.2) is 16.1 Å². The predicted molar refractivity (Wildman–Crippen MR) is 177 cm³/mol. The van der Waals surface area contributed by atoms with Crippen molar-refractivity contribution >= 4 is 33.4 Å². The lowest BCUT2D eigenvalue weighted by molar-refractivity contribution is 1.18. The third-order valence-corrected chi connectivity index (χ3v) is 7.84. The van der Waals surface area contributed by atoms with Crippen molar-refractivity contribution in [2.75, 3.05) is 0 Å². The average molecular weight is 540 g/mol. The summed E-state index contributed by atoms with van der Waals surface area (Å²) in [6.45, 7) is 1.98. The van der Waals surface area contributed by atoms with E-state index in [2.05, 4.69) is 125 Å². The van der Waals surface area contributed by atoms with Gasteiger partial charge >= 0.3 is 0 Å². The summed E-state index contributed by atoms with van der Waals surface area (Å²) in [4.78, 5) is 4.67. The Morgan fingerprint density at radius 2 is 1.19 bits per heavy atom. The molecule has 1 N–H and O–H groups in total. The fourth-order valence-corrected chi connectivity index (χ4v) is 5.81. The van der Waals surface area contributed by atoms with Gasteiger partial charge in [0.1, 0.15) is 0 Å². The SMILES string of the molecule is C/C(=N\C(=N)c1ccccc1)c1ccccc1-c1cccc(-c2ccc3c(c2)c2ccccc2n3-c2ccccc2)c1. The molecule has 0 bridgehead atoms. The number of fused-ring (bicyclic) bond motifs is 3. The molecule has 0 aliphatic rings. The van der Waals surface area contributed by atoms with Gasteiger partial charge in [-0.05, 0) is 65.6 Å². The van der Waals surface area contributed by atoms with E-state index in [4.69, 9.17) is 5.41 Å². The molecule has 0 fully saturated rings. The molecule has 7 aromatic rings. The molecule has 7 rings (SSSR count). The summed E-state index contributed by atoms with van der Waals surface area (Å²) < 4.78 is 2.34. The van der Waals surface area contributed by atoms with Crippen LogP contribution in [0.5, 0.6) is 0 Å². The van der Waals surface area contributed by atoms with Crippen molar-refractivity contribution in [1.82, 2.24) is 4.57 Å². The van der Waals surface area contributed by atoms with Gasteiger partial charge in [-0.1, -0.05) is 115 Å². The fraction of sp³-hybridized carbons (Fsp3) is 0.0256. The standard InChI is InChI=1S/C39H29N3/c1-27(41-39(40)28-13-4-2-5-14-28)33-19-8-9-20-34(33)31-16-12-15-29(25-31)30-23-24-38-36(26-30)35-21-10-11-22-37(35)42(38)32-17-6-3-7-18-32/h2-26,40H,1H3/b40-39?,41-27+. The molecule has 0 saturated carbocycles. The van der Waals surface area contributed by atoms with Crippen molar-refractivity contribution in [3.05, 3.63) is 163 Å². The van der Waals surface area contributed by atoms with Gasteiger partial charge in [0.05, 0.1) is 11.0 Å². The van der Waals surface area contributed by atoms with E-state index in [-0.39, 0.29) is 5.84 Å². The molecule has 1 heterocycles. The molecule has 0 spiro atoms. The van der Waals surface area contributed by atoms with E-state index in [0.717, 1.165) is 39.2 Å². The Morgan fingerprint density at radius 3 is 2.02 bits per heavy atom. The molecule has 0 atom stereocenters. The summed E-state index contributed by atoms with van der Waals surface area (Å²) in [6, 6.07) is 52.6. The normalized spacial score (nSPS) is 11.7. The lowest BCUT2D eigenvalue weighted by atomic mass is 9.94. The smallest absolute Gasteiger partial charge is 0.152 e. The third kappa shape index (κ3) is 4.61. The van der Waals surface area contributed by atoms with Crippen LogP contribution < -0.4 is 0 Å². The maximum absolute atomic E-state index is 8.52. The number of hydrogen-bond donors (Lipinski definition) is 1. The number of benzene rings is 6. The van der Waals surface area contributed by atoms with Crippen LogP contribution in [0.2, 0.25) is 0 Å². The number of aliphatic imine (C=N–C) groups is 1. The Kier molecular flexibility index (Phi) is 6.54. The van der Waals surface area contributed by atoms with Crippen LogP contribution in [0.15, 0.2) is 157 Å². The molecule has 1 aromatic heterocycles. The minimum Gasteiger partial charge on any atom is -0.309 e. The summed E-state index contributed by atoms with van der Waals surface area (Å²) in [5.74, 6) is 0.264. The summed E-state index contributed by atoms with van der Waals surface area (Å²) in [5, 5.41) is 11.0. The molecule has 0 amide bonds. The van der Waals surface area contributed by atoms with Gasteiger partial charge in [-0.2, -0.15) is 0 Å². The third-order valence-electron chi connectivity index (χ3n) is 7.84. The van der Waals surface area contributed by atoms with Crippen molar-refractivity contribution in [3.63, 3.8) is 0 Å². The van der Waals surface area contributed by atoms with Gasteiger partial charge < -0.3 is 4.57 Å². The number of rotatable bonds is 5. The highest BCUT2D eigenvalue weighted by Crippen LogP contribution is 2.36. The molecule has 200 valence electrons. The largest absolute Gasteiger partial charge is 0.309 e. The summed E-state index contributed by atoms with van der Waals surface area (Å²) in [7, 11) is 0. The Labute approximate surface area is 245 Å². The Bertz CT molecular complexity index is 2100. The van der Waals surface area contributed by atoms with Crippen molar-refractivity contribution < 1.29 is 0 Å². The van der Waals surface area contributed by atoms with Gasteiger partial charge in [0.25, 0.3) is 0 Å². The molecule has 0 radical (unpaired) electrons. The van der Waals surface area contributed by atoms with E-state index < -0.39 is 0 Å². The van der Waals surface area contributed by atoms with E-state index >= 15 is 0 Å². The lowest BCUT2D eigenvalue weighted by Gasteiger charge is -2.12. The highest BCUT2D eigenvalue weighted by Gasteiger charge is 2.14. The highest BCUT2D eigenvalue weighted by molar-refractivity contribution is 6.13. The Balaban J connectivity index is 1.30. The minimum atomic E-state index is 0.264. The monoisotopic (exact) mass is 539 g/mol. The zero-order valence-corrected chi connectivity index (χ0v) is 23.3. The summed E-state index contributed by atoms with van der Waals surface area (Å²) in [5.41, 5.74) is 10.8. The number of hydrogen-bond acceptors (Lipinski definition) is 1. The average Bonchev–Trinajstić information content (AvgIpc) is 3.39. The molecular formula is C39H29N3. The highest BCUT2D eigenvalue weighted by atomic mass is 15.0. The Morgan fingerprint density at radius 1 is 0.548 bits per heavy atom. The predicted octanol–water partition coefficient (Wildman–Crippen LogP) is 9.95. The first-order valence-corrected chi connectivity index (χ1v) is 14.2. The molecule has 42 heavy (non-hydrogen) atoms. The number of nitrogens with one attached hydrogen (secondary N) is 1. The molecule has 0 unspecified atom stereocenters. The number of nitrogens with zero attached hydrogens (tertiary/aromatic N) is 2. The first-order chi connectivity index (χ1) is 20.7. The Hall–Kier alpha value is -5.54. The number of aromatic nitrogens is 1. The topological polar surface area (TPSA) is 41.1 Å². The first-order valence-electron chi connectivity index (χ1n) is 14.2. The van der Waals surface area contributed by atoms with Gasteiger partial charge in [0.15, 0.2) is 5.84 Å². The fourth-order valence-electron chi connectivity index (χ4n) is 5.81. The van der Waals surface area contributed by atoms with E-state index in [0.29, 0.717) is 0 Å². The molecule has 3 nitrogen and oxygen atoms in total. The molecule has 0 aliphatic carbocycles. The second-order valence-corrected chi connectivity index (χ2v) is 10.5. The van der Waals surface area contributed by atoms with Crippen molar-refractivity contribution in [2.24, 2.45) is 4.99 Å². The second kappa shape index (κ2) is 10.8. The van der Waals surface area contributed by atoms with Gasteiger partial charge in [-0.3, -0.25) is 5.41 Å². The van der Waals surface area contributed by atoms with Gasteiger partial charge in [-0.25, -0.2) is 4.99 Å². The van der Waals surface area contributed by atoms with Crippen molar-refractivity contribution in [3.8, 4) is 27.9 Å². The molecular weight excluding hydrogens is 510 g/mol.